The lowest BCUT2D eigenvalue weighted by Crippen LogP contribution is -2.28. The van der Waals surface area contributed by atoms with Crippen molar-refractivity contribution in [2.45, 2.75) is 13.5 Å². The fraction of sp³-hybridized carbons (Fsp3) is 0.214. The van der Waals surface area contributed by atoms with Gasteiger partial charge in [0.1, 0.15) is 11.5 Å². The monoisotopic (exact) mass is 323 g/mol. The molecule has 0 bridgehead atoms. The van der Waals surface area contributed by atoms with E-state index in [1.807, 2.05) is 25.1 Å². The normalized spacial score (nSPS) is 10.2. The van der Waals surface area contributed by atoms with Crippen LogP contribution in [0.4, 0.5) is 0 Å². The number of hydrogen-bond acceptors (Lipinski definition) is 3. The van der Waals surface area contributed by atoms with Gasteiger partial charge in [-0.2, -0.15) is 0 Å². The van der Waals surface area contributed by atoms with E-state index in [4.69, 9.17) is 9.15 Å². The van der Waals surface area contributed by atoms with Crippen molar-refractivity contribution in [3.05, 3.63) is 52.4 Å². The number of aryl methyl sites for hydroxylation is 1. The van der Waals surface area contributed by atoms with Gasteiger partial charge < -0.3 is 14.5 Å². The average molecular weight is 324 g/mol. The van der Waals surface area contributed by atoms with Crippen LogP contribution in [0.2, 0.25) is 0 Å². The van der Waals surface area contributed by atoms with Crippen LogP contribution in [0.15, 0.2) is 45.5 Å². The lowest BCUT2D eigenvalue weighted by molar-refractivity contribution is -0.123. The molecule has 4 nitrogen and oxygen atoms in total. The van der Waals surface area contributed by atoms with E-state index < -0.39 is 0 Å². The summed E-state index contributed by atoms with van der Waals surface area (Å²) >= 11 is 3.40. The number of amides is 1. The van der Waals surface area contributed by atoms with Gasteiger partial charge in [0.05, 0.1) is 17.3 Å². The maximum atomic E-state index is 11.6. The van der Waals surface area contributed by atoms with Gasteiger partial charge in [0.25, 0.3) is 5.91 Å². The lowest BCUT2D eigenvalue weighted by Gasteiger charge is -2.08. The smallest absolute Gasteiger partial charge is 0.258 e. The molecule has 0 fully saturated rings. The highest BCUT2D eigenvalue weighted by atomic mass is 79.9. The van der Waals surface area contributed by atoms with Crippen LogP contribution in [-0.4, -0.2) is 12.5 Å². The van der Waals surface area contributed by atoms with Crippen LogP contribution in [0.25, 0.3) is 0 Å². The number of ether oxygens (including phenoxy) is 1. The quantitative estimate of drug-likeness (QED) is 0.920. The van der Waals surface area contributed by atoms with Gasteiger partial charge in [-0.15, -0.1) is 0 Å². The van der Waals surface area contributed by atoms with E-state index in [0.717, 1.165) is 10.0 Å². The van der Waals surface area contributed by atoms with Crippen LogP contribution in [-0.2, 0) is 11.3 Å². The second-order valence-corrected chi connectivity index (χ2v) is 4.93. The third kappa shape index (κ3) is 4.13. The largest absolute Gasteiger partial charge is 0.483 e. The number of furan rings is 1. The third-order valence-electron chi connectivity index (χ3n) is 2.49. The molecule has 100 valence electrons. The summed E-state index contributed by atoms with van der Waals surface area (Å²) in [4.78, 5) is 11.6. The Hall–Kier alpha value is -1.75. The van der Waals surface area contributed by atoms with E-state index in [1.54, 1.807) is 18.4 Å². The van der Waals surface area contributed by atoms with Crippen molar-refractivity contribution in [2.75, 3.05) is 6.61 Å². The minimum Gasteiger partial charge on any atom is -0.483 e. The fourth-order valence-electron chi connectivity index (χ4n) is 1.52. The summed E-state index contributed by atoms with van der Waals surface area (Å²) in [7, 11) is 0. The Morgan fingerprint density at radius 3 is 2.95 bits per heavy atom. The summed E-state index contributed by atoms with van der Waals surface area (Å²) in [6.07, 6.45) is 1.57. The van der Waals surface area contributed by atoms with E-state index in [-0.39, 0.29) is 12.5 Å². The minimum atomic E-state index is -0.191. The van der Waals surface area contributed by atoms with Crippen LogP contribution in [0.1, 0.15) is 11.3 Å². The van der Waals surface area contributed by atoms with Gasteiger partial charge in [-0.3, -0.25) is 4.79 Å². The Bertz CT molecular complexity index is 552. The van der Waals surface area contributed by atoms with E-state index in [1.165, 1.54) is 0 Å². The van der Waals surface area contributed by atoms with Gasteiger partial charge in [-0.25, -0.2) is 0 Å². The zero-order chi connectivity index (χ0) is 13.7. The summed E-state index contributed by atoms with van der Waals surface area (Å²) in [5, 5.41) is 2.71. The van der Waals surface area contributed by atoms with Crippen molar-refractivity contribution >= 4 is 21.8 Å². The zero-order valence-electron chi connectivity index (χ0n) is 10.5. The molecular weight excluding hydrogens is 310 g/mol. The molecule has 0 spiro atoms. The summed E-state index contributed by atoms with van der Waals surface area (Å²) in [6.45, 7) is 2.33. The highest BCUT2D eigenvalue weighted by Gasteiger charge is 2.06. The molecular formula is C14H14BrNO3. The molecule has 0 aliphatic rings. The van der Waals surface area contributed by atoms with Gasteiger partial charge >= 0.3 is 0 Å². The number of carbonyl (C=O) groups is 1. The van der Waals surface area contributed by atoms with Gasteiger partial charge in [0.2, 0.25) is 0 Å². The van der Waals surface area contributed by atoms with Crippen molar-refractivity contribution in [1.29, 1.82) is 0 Å². The van der Waals surface area contributed by atoms with Crippen molar-refractivity contribution in [1.82, 2.24) is 5.32 Å². The first-order valence-corrected chi connectivity index (χ1v) is 6.62. The Labute approximate surface area is 119 Å². The number of nitrogens with one attached hydrogen (secondary N) is 1. The molecule has 0 unspecified atom stereocenters. The molecule has 5 heteroatoms. The van der Waals surface area contributed by atoms with Crippen molar-refractivity contribution in [3.63, 3.8) is 0 Å². The van der Waals surface area contributed by atoms with Crippen molar-refractivity contribution in [3.8, 4) is 5.75 Å². The highest BCUT2D eigenvalue weighted by Crippen LogP contribution is 2.25. The Morgan fingerprint density at radius 2 is 2.26 bits per heavy atom. The zero-order valence-corrected chi connectivity index (χ0v) is 12.1. The molecule has 2 rings (SSSR count). The maximum Gasteiger partial charge on any atom is 0.258 e. The first-order chi connectivity index (χ1) is 9.15. The first-order valence-electron chi connectivity index (χ1n) is 5.83. The van der Waals surface area contributed by atoms with E-state index in [2.05, 4.69) is 21.2 Å². The van der Waals surface area contributed by atoms with E-state index >= 15 is 0 Å². The second kappa shape index (κ2) is 6.43. The summed E-state index contributed by atoms with van der Waals surface area (Å²) in [6, 6.07) is 9.29. The number of carbonyl (C=O) groups excluding carboxylic acids is 1. The molecule has 19 heavy (non-hydrogen) atoms. The number of hydrogen-bond donors (Lipinski definition) is 1. The van der Waals surface area contributed by atoms with Crippen LogP contribution in [0.5, 0.6) is 5.75 Å². The number of rotatable bonds is 5. The Morgan fingerprint density at radius 1 is 1.42 bits per heavy atom. The molecule has 0 atom stereocenters. The third-order valence-corrected chi connectivity index (χ3v) is 3.11. The van der Waals surface area contributed by atoms with Gasteiger partial charge in [0.15, 0.2) is 6.61 Å². The van der Waals surface area contributed by atoms with Crippen LogP contribution >= 0.6 is 15.9 Å². The predicted molar refractivity (Wildman–Crippen MR) is 74.9 cm³/mol. The predicted octanol–water partition coefficient (Wildman–Crippen LogP) is 3.05. The van der Waals surface area contributed by atoms with E-state index in [0.29, 0.717) is 18.1 Å². The topological polar surface area (TPSA) is 51.5 Å². The molecule has 1 amide bonds. The molecule has 0 saturated carbocycles. The van der Waals surface area contributed by atoms with Crippen molar-refractivity contribution < 1.29 is 13.9 Å². The molecule has 1 aromatic carbocycles. The fourth-order valence-corrected chi connectivity index (χ4v) is 2.12. The highest BCUT2D eigenvalue weighted by molar-refractivity contribution is 9.10. The molecule has 1 aromatic heterocycles. The lowest BCUT2D eigenvalue weighted by atomic mass is 10.2. The second-order valence-electron chi connectivity index (χ2n) is 4.08. The van der Waals surface area contributed by atoms with Crippen LogP contribution in [0.3, 0.4) is 0 Å². The number of benzene rings is 1. The molecule has 0 radical (unpaired) electrons. The van der Waals surface area contributed by atoms with Gasteiger partial charge in [-0.05, 0) is 52.7 Å². The van der Waals surface area contributed by atoms with Crippen molar-refractivity contribution in [2.24, 2.45) is 0 Å². The SMILES string of the molecule is Cc1ccc(OCC(=O)NCc2ccco2)c(Br)c1. The summed E-state index contributed by atoms with van der Waals surface area (Å²) < 4.78 is 11.4. The minimum absolute atomic E-state index is 0.0254. The first kappa shape index (κ1) is 13.7. The standard InChI is InChI=1S/C14H14BrNO3/c1-10-4-5-13(12(15)7-10)19-9-14(17)16-8-11-3-2-6-18-11/h2-7H,8-9H2,1H3,(H,16,17). The molecule has 2 aromatic rings. The summed E-state index contributed by atoms with van der Waals surface area (Å²) in [5.41, 5.74) is 1.13. The summed E-state index contributed by atoms with van der Waals surface area (Å²) in [5.74, 6) is 1.17. The Kier molecular flexibility index (Phi) is 4.63. The van der Waals surface area contributed by atoms with Gasteiger partial charge in [-0.1, -0.05) is 6.07 Å². The molecule has 0 aliphatic heterocycles. The van der Waals surface area contributed by atoms with Gasteiger partial charge in [0, 0.05) is 0 Å². The molecule has 1 heterocycles. The number of halogens is 1. The van der Waals surface area contributed by atoms with Crippen LogP contribution in [0, 0.1) is 6.92 Å². The molecule has 0 saturated heterocycles. The Balaban J connectivity index is 1.80. The van der Waals surface area contributed by atoms with E-state index in [9.17, 15) is 4.79 Å². The maximum absolute atomic E-state index is 11.6. The molecule has 0 aliphatic carbocycles. The van der Waals surface area contributed by atoms with Crippen LogP contribution < -0.4 is 10.1 Å². The molecule has 1 N–H and O–H groups in total. The average Bonchev–Trinajstić information content (AvgIpc) is 2.88.